The van der Waals surface area contributed by atoms with Crippen LogP contribution in [0.2, 0.25) is 0 Å². The highest BCUT2D eigenvalue weighted by atomic mass is 19.1. The number of aryl methyl sites for hydroxylation is 1. The molecule has 2 aromatic rings. The van der Waals surface area contributed by atoms with Gasteiger partial charge in [-0.05, 0) is 30.2 Å². The Hall–Kier alpha value is -2.30. The summed E-state index contributed by atoms with van der Waals surface area (Å²) in [6, 6.07) is 5.88. The number of carbonyl (C=O) groups excluding carboxylic acids is 1. The molecule has 1 aromatic heterocycles. The highest BCUT2D eigenvalue weighted by molar-refractivity contribution is 5.39. The fraction of sp³-hybridized carbons (Fsp3) is 0.214. The number of rotatable bonds is 5. The normalized spacial score (nSPS) is 11.9. The molecule has 0 aliphatic carbocycles. The summed E-state index contributed by atoms with van der Waals surface area (Å²) in [5.41, 5.74) is 2.45. The van der Waals surface area contributed by atoms with Gasteiger partial charge in [-0.2, -0.15) is 0 Å². The lowest BCUT2D eigenvalue weighted by molar-refractivity contribution is -0.133. The van der Waals surface area contributed by atoms with Crippen molar-refractivity contribution in [3.8, 4) is 0 Å². The second kappa shape index (κ2) is 6.04. The molecule has 0 N–H and O–H groups in total. The summed E-state index contributed by atoms with van der Waals surface area (Å²) >= 11 is 0. The number of aromatic nitrogens is 2. The zero-order valence-electron chi connectivity index (χ0n) is 10.4. The molecular formula is C14H13FN2O2. The Balaban J connectivity index is 2.23. The standard InChI is InChI=1S/C14H13FN2O2/c1-10-12(7-16-8-17-10)6-14(19-9-18)11-2-4-13(15)5-3-11/h2-5,7-9,14H,6H2,1H3. The van der Waals surface area contributed by atoms with Gasteiger partial charge in [-0.3, -0.25) is 4.79 Å². The minimum atomic E-state index is -0.470. The van der Waals surface area contributed by atoms with Crippen LogP contribution in [0.4, 0.5) is 4.39 Å². The van der Waals surface area contributed by atoms with E-state index in [0.717, 1.165) is 16.8 Å². The molecule has 1 aromatic carbocycles. The first kappa shape index (κ1) is 13.1. The fourth-order valence-corrected chi connectivity index (χ4v) is 1.81. The van der Waals surface area contributed by atoms with Gasteiger partial charge in [0.2, 0.25) is 0 Å². The summed E-state index contributed by atoms with van der Waals surface area (Å²) in [4.78, 5) is 18.6. The van der Waals surface area contributed by atoms with Crippen molar-refractivity contribution in [2.75, 3.05) is 0 Å². The third kappa shape index (κ3) is 3.34. The lowest BCUT2D eigenvalue weighted by atomic mass is 10.0. The molecule has 0 aliphatic rings. The van der Waals surface area contributed by atoms with Gasteiger partial charge in [0.25, 0.3) is 6.47 Å². The lowest BCUT2D eigenvalue weighted by Gasteiger charge is -2.16. The summed E-state index contributed by atoms with van der Waals surface area (Å²) in [6.45, 7) is 2.26. The van der Waals surface area contributed by atoms with Crippen molar-refractivity contribution in [1.29, 1.82) is 0 Å². The predicted octanol–water partition coefficient (Wildman–Crippen LogP) is 2.38. The van der Waals surface area contributed by atoms with Crippen molar-refractivity contribution >= 4 is 6.47 Å². The van der Waals surface area contributed by atoms with Crippen LogP contribution < -0.4 is 0 Å². The number of hydrogen-bond donors (Lipinski definition) is 0. The number of hydrogen-bond acceptors (Lipinski definition) is 4. The molecule has 4 nitrogen and oxygen atoms in total. The van der Waals surface area contributed by atoms with Crippen molar-refractivity contribution in [3.63, 3.8) is 0 Å². The molecule has 0 aliphatic heterocycles. The summed E-state index contributed by atoms with van der Waals surface area (Å²) in [6.07, 6.45) is 3.14. The van der Waals surface area contributed by atoms with Crippen LogP contribution in [0.3, 0.4) is 0 Å². The van der Waals surface area contributed by atoms with Gasteiger partial charge in [-0.25, -0.2) is 14.4 Å². The van der Waals surface area contributed by atoms with Gasteiger partial charge in [0.15, 0.2) is 0 Å². The van der Waals surface area contributed by atoms with Gasteiger partial charge >= 0.3 is 0 Å². The van der Waals surface area contributed by atoms with Crippen molar-refractivity contribution < 1.29 is 13.9 Å². The molecule has 0 bridgehead atoms. The smallest absolute Gasteiger partial charge is 0.293 e. The highest BCUT2D eigenvalue weighted by Crippen LogP contribution is 2.22. The van der Waals surface area contributed by atoms with E-state index in [1.807, 2.05) is 6.92 Å². The summed E-state index contributed by atoms with van der Waals surface area (Å²) in [5.74, 6) is -0.326. The van der Waals surface area contributed by atoms with Crippen LogP contribution in [0.15, 0.2) is 36.8 Å². The predicted molar refractivity (Wildman–Crippen MR) is 66.8 cm³/mol. The number of benzene rings is 1. The molecule has 0 radical (unpaired) electrons. The Morgan fingerprint density at radius 3 is 2.74 bits per heavy atom. The average Bonchev–Trinajstić information content (AvgIpc) is 2.42. The maximum Gasteiger partial charge on any atom is 0.293 e. The molecule has 0 saturated carbocycles. The van der Waals surface area contributed by atoms with E-state index in [-0.39, 0.29) is 5.82 Å². The molecule has 0 spiro atoms. The molecule has 1 atom stereocenters. The Morgan fingerprint density at radius 2 is 2.11 bits per heavy atom. The van der Waals surface area contributed by atoms with E-state index in [2.05, 4.69) is 9.97 Å². The first-order chi connectivity index (χ1) is 9.20. The van der Waals surface area contributed by atoms with Crippen LogP contribution in [-0.2, 0) is 16.0 Å². The maximum absolute atomic E-state index is 12.9. The third-order valence-electron chi connectivity index (χ3n) is 2.88. The number of ether oxygens (including phenoxy) is 1. The van der Waals surface area contributed by atoms with E-state index >= 15 is 0 Å². The molecular weight excluding hydrogens is 247 g/mol. The van der Waals surface area contributed by atoms with Gasteiger partial charge in [0.1, 0.15) is 18.2 Å². The van der Waals surface area contributed by atoms with E-state index in [1.54, 1.807) is 18.3 Å². The van der Waals surface area contributed by atoms with Crippen molar-refractivity contribution in [2.24, 2.45) is 0 Å². The van der Waals surface area contributed by atoms with E-state index < -0.39 is 6.10 Å². The second-order valence-corrected chi connectivity index (χ2v) is 4.11. The van der Waals surface area contributed by atoms with Crippen LogP contribution in [0, 0.1) is 12.7 Å². The second-order valence-electron chi connectivity index (χ2n) is 4.11. The van der Waals surface area contributed by atoms with E-state index in [9.17, 15) is 9.18 Å². The molecule has 5 heteroatoms. The Labute approximate surface area is 110 Å². The zero-order valence-corrected chi connectivity index (χ0v) is 10.4. The maximum atomic E-state index is 12.9. The molecule has 1 unspecified atom stereocenters. The SMILES string of the molecule is Cc1ncncc1CC(OC=O)c1ccc(F)cc1. The molecule has 0 saturated heterocycles. The molecule has 0 fully saturated rings. The largest absolute Gasteiger partial charge is 0.459 e. The van der Waals surface area contributed by atoms with Crippen LogP contribution in [0.25, 0.3) is 0 Å². The summed E-state index contributed by atoms with van der Waals surface area (Å²) in [7, 11) is 0. The number of halogens is 1. The van der Waals surface area contributed by atoms with Crippen LogP contribution in [-0.4, -0.2) is 16.4 Å². The number of carbonyl (C=O) groups is 1. The molecule has 98 valence electrons. The van der Waals surface area contributed by atoms with Crippen LogP contribution >= 0.6 is 0 Å². The first-order valence-electron chi connectivity index (χ1n) is 5.80. The third-order valence-corrected chi connectivity index (χ3v) is 2.88. The molecule has 1 heterocycles. The lowest BCUT2D eigenvalue weighted by Crippen LogP contribution is -2.09. The van der Waals surface area contributed by atoms with E-state index in [4.69, 9.17) is 4.74 Å². The van der Waals surface area contributed by atoms with Crippen molar-refractivity contribution in [2.45, 2.75) is 19.4 Å². The first-order valence-corrected chi connectivity index (χ1v) is 5.80. The molecule has 0 amide bonds. The van der Waals surface area contributed by atoms with Gasteiger partial charge in [0.05, 0.1) is 0 Å². The van der Waals surface area contributed by atoms with Gasteiger partial charge in [0, 0.05) is 18.3 Å². The summed E-state index contributed by atoms with van der Waals surface area (Å²) < 4.78 is 18.0. The van der Waals surface area contributed by atoms with Crippen LogP contribution in [0.1, 0.15) is 22.9 Å². The highest BCUT2D eigenvalue weighted by Gasteiger charge is 2.15. The quantitative estimate of drug-likeness (QED) is 0.774. The molecule has 2 rings (SSSR count). The van der Waals surface area contributed by atoms with Gasteiger partial charge in [-0.1, -0.05) is 12.1 Å². The minimum absolute atomic E-state index is 0.326. The summed E-state index contributed by atoms with van der Waals surface area (Å²) in [5, 5.41) is 0. The minimum Gasteiger partial charge on any atom is -0.459 e. The zero-order chi connectivity index (χ0) is 13.7. The Kier molecular flexibility index (Phi) is 4.18. The van der Waals surface area contributed by atoms with Crippen LogP contribution in [0.5, 0.6) is 0 Å². The van der Waals surface area contributed by atoms with E-state index in [1.165, 1.54) is 18.5 Å². The van der Waals surface area contributed by atoms with Crippen molar-refractivity contribution in [3.05, 3.63) is 59.4 Å². The fourth-order valence-electron chi connectivity index (χ4n) is 1.81. The molecule has 19 heavy (non-hydrogen) atoms. The Morgan fingerprint density at radius 1 is 1.37 bits per heavy atom. The monoisotopic (exact) mass is 260 g/mol. The van der Waals surface area contributed by atoms with Gasteiger partial charge in [-0.15, -0.1) is 0 Å². The van der Waals surface area contributed by atoms with Gasteiger partial charge < -0.3 is 4.74 Å². The van der Waals surface area contributed by atoms with E-state index in [0.29, 0.717) is 12.9 Å². The van der Waals surface area contributed by atoms with Crippen molar-refractivity contribution in [1.82, 2.24) is 9.97 Å². The average molecular weight is 260 g/mol. The Bertz CT molecular complexity index is 558. The number of nitrogens with zero attached hydrogens (tertiary/aromatic N) is 2. The topological polar surface area (TPSA) is 52.1 Å².